The summed E-state index contributed by atoms with van der Waals surface area (Å²) in [6.45, 7) is 1.55. The molecule has 0 aromatic heterocycles. The molecule has 0 aliphatic heterocycles. The highest BCUT2D eigenvalue weighted by Crippen LogP contribution is 2.29. The average Bonchev–Trinajstić information content (AvgIpc) is 2.54. The minimum Gasteiger partial charge on any atom is -0.203 e. The van der Waals surface area contributed by atoms with Gasteiger partial charge in [0, 0.05) is 10.0 Å². The van der Waals surface area contributed by atoms with Gasteiger partial charge in [-0.15, -0.1) is 0 Å². The highest BCUT2D eigenvalue weighted by Gasteiger charge is 2.12. The van der Waals surface area contributed by atoms with Gasteiger partial charge in [-0.1, -0.05) is 64.5 Å². The molecule has 0 aliphatic rings. The Morgan fingerprint density at radius 2 is 1.14 bits per heavy atom. The summed E-state index contributed by atoms with van der Waals surface area (Å²) in [7, 11) is 0. The minimum absolute atomic E-state index is 0.283. The second-order valence-electron chi connectivity index (χ2n) is 5.14. The van der Waals surface area contributed by atoms with Crippen molar-refractivity contribution in [1.82, 2.24) is 0 Å². The standard InChI is InChI=1S/C19H13BrF2/c1-12-2-11-17(19(22)18(12)21)15-5-3-13(4-6-15)14-7-9-16(20)10-8-14/h2-11H,1H3. The van der Waals surface area contributed by atoms with Crippen molar-refractivity contribution >= 4 is 15.9 Å². The summed E-state index contributed by atoms with van der Waals surface area (Å²) in [5.74, 6) is -1.58. The first-order valence-corrected chi connectivity index (χ1v) is 7.66. The second-order valence-corrected chi connectivity index (χ2v) is 6.06. The third-order valence-corrected chi connectivity index (χ3v) is 4.18. The van der Waals surface area contributed by atoms with E-state index in [0.29, 0.717) is 11.1 Å². The highest BCUT2D eigenvalue weighted by atomic mass is 79.9. The van der Waals surface area contributed by atoms with E-state index >= 15 is 0 Å². The van der Waals surface area contributed by atoms with Gasteiger partial charge >= 0.3 is 0 Å². The maximum atomic E-state index is 14.0. The van der Waals surface area contributed by atoms with Crippen LogP contribution in [0.1, 0.15) is 5.56 Å². The zero-order valence-electron chi connectivity index (χ0n) is 11.9. The van der Waals surface area contributed by atoms with Crippen molar-refractivity contribution in [2.24, 2.45) is 0 Å². The molecule has 0 saturated carbocycles. The maximum absolute atomic E-state index is 14.0. The Morgan fingerprint density at radius 3 is 1.73 bits per heavy atom. The van der Waals surface area contributed by atoms with E-state index in [2.05, 4.69) is 15.9 Å². The van der Waals surface area contributed by atoms with Crippen molar-refractivity contribution < 1.29 is 8.78 Å². The minimum atomic E-state index is -0.795. The summed E-state index contributed by atoms with van der Waals surface area (Å²) in [5, 5.41) is 0. The van der Waals surface area contributed by atoms with Gasteiger partial charge in [-0.25, -0.2) is 8.78 Å². The molecular formula is C19H13BrF2. The van der Waals surface area contributed by atoms with E-state index < -0.39 is 11.6 Å². The quantitative estimate of drug-likeness (QED) is 0.499. The molecule has 0 atom stereocenters. The Balaban J connectivity index is 1.98. The summed E-state index contributed by atoms with van der Waals surface area (Å²) in [5.41, 5.74) is 3.37. The molecule has 0 heterocycles. The lowest BCUT2D eigenvalue weighted by Gasteiger charge is -2.08. The molecule has 0 unspecified atom stereocenters. The normalized spacial score (nSPS) is 10.7. The lowest BCUT2D eigenvalue weighted by atomic mass is 9.99. The number of hydrogen-bond acceptors (Lipinski definition) is 0. The second kappa shape index (κ2) is 6.01. The van der Waals surface area contributed by atoms with E-state index in [1.165, 1.54) is 0 Å². The number of hydrogen-bond donors (Lipinski definition) is 0. The molecular weight excluding hydrogens is 346 g/mol. The van der Waals surface area contributed by atoms with Crippen molar-refractivity contribution in [2.75, 3.05) is 0 Å². The molecule has 0 amide bonds. The van der Waals surface area contributed by atoms with Gasteiger partial charge in [0.1, 0.15) is 0 Å². The van der Waals surface area contributed by atoms with E-state index in [4.69, 9.17) is 0 Å². The molecule has 3 rings (SSSR count). The van der Waals surface area contributed by atoms with Crippen molar-refractivity contribution in [3.05, 3.63) is 82.3 Å². The first kappa shape index (κ1) is 14.9. The van der Waals surface area contributed by atoms with Crippen LogP contribution in [-0.2, 0) is 0 Å². The van der Waals surface area contributed by atoms with Gasteiger partial charge < -0.3 is 0 Å². The van der Waals surface area contributed by atoms with Crippen LogP contribution in [-0.4, -0.2) is 0 Å². The molecule has 0 N–H and O–H groups in total. The van der Waals surface area contributed by atoms with Crippen LogP contribution in [0, 0.1) is 18.6 Å². The molecule has 3 aromatic carbocycles. The zero-order chi connectivity index (χ0) is 15.7. The number of benzene rings is 3. The van der Waals surface area contributed by atoms with E-state index in [1.807, 2.05) is 48.5 Å². The number of rotatable bonds is 2. The predicted octanol–water partition coefficient (Wildman–Crippen LogP) is 6.37. The summed E-state index contributed by atoms with van der Waals surface area (Å²) in [4.78, 5) is 0. The summed E-state index contributed by atoms with van der Waals surface area (Å²) in [6, 6.07) is 18.6. The van der Waals surface area contributed by atoms with E-state index in [0.717, 1.165) is 15.6 Å². The van der Waals surface area contributed by atoms with Gasteiger partial charge in [-0.05, 0) is 41.3 Å². The van der Waals surface area contributed by atoms with Gasteiger partial charge in [-0.3, -0.25) is 0 Å². The van der Waals surface area contributed by atoms with Gasteiger partial charge in [0.05, 0.1) is 0 Å². The molecule has 0 radical (unpaired) electrons. The topological polar surface area (TPSA) is 0 Å². The van der Waals surface area contributed by atoms with Crippen molar-refractivity contribution in [2.45, 2.75) is 6.92 Å². The largest absolute Gasteiger partial charge is 0.203 e. The van der Waals surface area contributed by atoms with Crippen LogP contribution in [0.5, 0.6) is 0 Å². The van der Waals surface area contributed by atoms with Crippen molar-refractivity contribution in [1.29, 1.82) is 0 Å². The van der Waals surface area contributed by atoms with E-state index in [9.17, 15) is 8.78 Å². The highest BCUT2D eigenvalue weighted by molar-refractivity contribution is 9.10. The summed E-state index contributed by atoms with van der Waals surface area (Å²) >= 11 is 3.40. The zero-order valence-corrected chi connectivity index (χ0v) is 13.5. The Morgan fingerprint density at radius 1 is 0.636 bits per heavy atom. The third-order valence-electron chi connectivity index (χ3n) is 3.65. The molecule has 0 bridgehead atoms. The summed E-state index contributed by atoms with van der Waals surface area (Å²) in [6.07, 6.45) is 0. The lowest BCUT2D eigenvalue weighted by Crippen LogP contribution is -1.93. The summed E-state index contributed by atoms with van der Waals surface area (Å²) < 4.78 is 28.7. The Labute approximate surface area is 136 Å². The SMILES string of the molecule is Cc1ccc(-c2ccc(-c3ccc(Br)cc3)cc2)c(F)c1F. The number of halogens is 3. The van der Waals surface area contributed by atoms with Crippen LogP contribution in [0.25, 0.3) is 22.3 Å². The molecule has 110 valence electrons. The Kier molecular flexibility index (Phi) is 4.08. The van der Waals surface area contributed by atoms with Gasteiger partial charge in [0.2, 0.25) is 0 Å². The van der Waals surface area contributed by atoms with Crippen LogP contribution in [0.3, 0.4) is 0 Å². The molecule has 3 aromatic rings. The van der Waals surface area contributed by atoms with Gasteiger partial charge in [0.15, 0.2) is 11.6 Å². The molecule has 3 heteroatoms. The molecule has 0 aliphatic carbocycles. The maximum Gasteiger partial charge on any atom is 0.166 e. The molecule has 22 heavy (non-hydrogen) atoms. The monoisotopic (exact) mass is 358 g/mol. The predicted molar refractivity (Wildman–Crippen MR) is 89.7 cm³/mol. The third kappa shape index (κ3) is 2.81. The fourth-order valence-corrected chi connectivity index (χ4v) is 2.62. The molecule has 0 spiro atoms. The molecule has 0 fully saturated rings. The van der Waals surface area contributed by atoms with Crippen molar-refractivity contribution in [3.8, 4) is 22.3 Å². The fourth-order valence-electron chi connectivity index (χ4n) is 2.35. The average molecular weight is 359 g/mol. The first-order valence-electron chi connectivity index (χ1n) is 6.87. The van der Waals surface area contributed by atoms with Crippen LogP contribution >= 0.6 is 15.9 Å². The smallest absolute Gasteiger partial charge is 0.166 e. The van der Waals surface area contributed by atoms with Crippen LogP contribution in [0.15, 0.2) is 65.1 Å². The fraction of sp³-hybridized carbons (Fsp3) is 0.0526. The van der Waals surface area contributed by atoms with Gasteiger partial charge in [-0.2, -0.15) is 0 Å². The lowest BCUT2D eigenvalue weighted by molar-refractivity contribution is 0.505. The molecule has 0 saturated heterocycles. The van der Waals surface area contributed by atoms with E-state index in [1.54, 1.807) is 19.1 Å². The van der Waals surface area contributed by atoms with Crippen molar-refractivity contribution in [3.63, 3.8) is 0 Å². The number of aryl methyl sites for hydroxylation is 1. The van der Waals surface area contributed by atoms with Crippen LogP contribution < -0.4 is 0 Å². The first-order chi connectivity index (χ1) is 10.6. The van der Waals surface area contributed by atoms with Crippen LogP contribution in [0.4, 0.5) is 8.78 Å². The Hall–Kier alpha value is -2.00. The Bertz CT molecular complexity index is 806. The van der Waals surface area contributed by atoms with Crippen LogP contribution in [0.2, 0.25) is 0 Å². The van der Waals surface area contributed by atoms with Gasteiger partial charge in [0.25, 0.3) is 0 Å². The van der Waals surface area contributed by atoms with E-state index in [-0.39, 0.29) is 5.56 Å². The molecule has 0 nitrogen and oxygen atoms in total.